The van der Waals surface area contributed by atoms with Gasteiger partial charge >= 0.3 is 7.82 Å². The van der Waals surface area contributed by atoms with E-state index in [-0.39, 0.29) is 34.9 Å². The summed E-state index contributed by atoms with van der Waals surface area (Å²) in [5.74, 6) is 0. The summed E-state index contributed by atoms with van der Waals surface area (Å²) in [5.41, 5.74) is 8.71. The Morgan fingerprint density at radius 3 is 1.22 bits per heavy atom. The molecule has 1 aliphatic heterocycles. The van der Waals surface area contributed by atoms with Gasteiger partial charge in [0.05, 0.1) is 13.2 Å². The summed E-state index contributed by atoms with van der Waals surface area (Å²) in [4.78, 5) is 10.6. The SMILES string of the molecule is CC(C)(C)c1cc2c(c(C(C)(C)C)c1)COP(=O)(O)OCc1c(cc(C(C)(C)C)cc1C(C)(C)C)C2. The summed E-state index contributed by atoms with van der Waals surface area (Å²) in [6.07, 6.45) is 0.715. The molecule has 0 aromatic heterocycles. The molecule has 0 fully saturated rings. The van der Waals surface area contributed by atoms with Crippen molar-refractivity contribution in [2.24, 2.45) is 0 Å². The zero-order valence-electron chi connectivity index (χ0n) is 24.5. The molecule has 2 aromatic carbocycles. The Morgan fingerprint density at radius 1 is 0.611 bits per heavy atom. The van der Waals surface area contributed by atoms with Crippen molar-refractivity contribution >= 4 is 7.82 Å². The Balaban J connectivity index is 2.43. The molecule has 0 bridgehead atoms. The number of phosphoric acid groups is 1. The third-order valence-electron chi connectivity index (χ3n) is 7.16. The van der Waals surface area contributed by atoms with Gasteiger partial charge in [0.2, 0.25) is 0 Å². The van der Waals surface area contributed by atoms with Gasteiger partial charge in [-0.05, 0) is 72.6 Å². The first-order valence-corrected chi connectivity index (χ1v) is 14.5. The first-order chi connectivity index (χ1) is 16.1. The molecule has 200 valence electrons. The topological polar surface area (TPSA) is 55.8 Å². The Morgan fingerprint density at radius 2 is 0.944 bits per heavy atom. The van der Waals surface area contributed by atoms with E-state index in [0.717, 1.165) is 33.4 Å². The van der Waals surface area contributed by atoms with Crippen LogP contribution < -0.4 is 0 Å². The molecule has 1 heterocycles. The lowest BCUT2D eigenvalue weighted by Crippen LogP contribution is -2.23. The lowest BCUT2D eigenvalue weighted by molar-refractivity contribution is 0.135. The standard InChI is InChI=1S/C31H47O4P/c1-28(2,3)22-14-20-13-21-15-23(29(4,5)6)17-27(31(10,11)12)25(21)19-35-36(32,33)34-18-24(20)26(16-22)30(7,8)9/h14-17H,13,18-19H2,1-12H3,(H,32,33). The highest BCUT2D eigenvalue weighted by atomic mass is 31.2. The van der Waals surface area contributed by atoms with Crippen molar-refractivity contribution in [3.05, 3.63) is 68.8 Å². The van der Waals surface area contributed by atoms with Gasteiger partial charge in [-0.15, -0.1) is 0 Å². The van der Waals surface area contributed by atoms with Crippen LogP contribution in [0.3, 0.4) is 0 Å². The summed E-state index contributed by atoms with van der Waals surface area (Å²) in [5, 5.41) is 0. The van der Waals surface area contributed by atoms with Crippen LogP contribution in [0, 0.1) is 0 Å². The summed E-state index contributed by atoms with van der Waals surface area (Å²) in [6, 6.07) is 9.07. The Bertz CT molecular complexity index is 1090. The van der Waals surface area contributed by atoms with Gasteiger partial charge in [-0.2, -0.15) is 0 Å². The highest BCUT2D eigenvalue weighted by Gasteiger charge is 2.32. The monoisotopic (exact) mass is 514 g/mol. The molecule has 0 saturated heterocycles. The largest absolute Gasteiger partial charge is 0.472 e. The highest BCUT2D eigenvalue weighted by molar-refractivity contribution is 7.47. The van der Waals surface area contributed by atoms with E-state index >= 15 is 0 Å². The predicted molar refractivity (Wildman–Crippen MR) is 150 cm³/mol. The molecule has 0 aliphatic carbocycles. The van der Waals surface area contributed by atoms with Crippen LogP contribution in [-0.2, 0) is 54.9 Å². The summed E-state index contributed by atoms with van der Waals surface area (Å²) in [6.45, 7) is 26.6. The molecule has 0 amide bonds. The van der Waals surface area contributed by atoms with Gasteiger partial charge in [-0.25, -0.2) is 4.57 Å². The van der Waals surface area contributed by atoms with Crippen molar-refractivity contribution in [2.45, 2.75) is 124 Å². The van der Waals surface area contributed by atoms with Gasteiger partial charge in [0, 0.05) is 0 Å². The van der Waals surface area contributed by atoms with E-state index in [1.165, 1.54) is 11.1 Å². The molecule has 1 aliphatic rings. The van der Waals surface area contributed by atoms with Crippen LogP contribution in [-0.4, -0.2) is 4.89 Å². The van der Waals surface area contributed by atoms with Crippen molar-refractivity contribution in [2.75, 3.05) is 0 Å². The van der Waals surface area contributed by atoms with Gasteiger partial charge in [0.15, 0.2) is 0 Å². The minimum atomic E-state index is -4.25. The summed E-state index contributed by atoms with van der Waals surface area (Å²) < 4.78 is 24.2. The fourth-order valence-corrected chi connectivity index (χ4v) is 5.52. The maximum atomic E-state index is 13.0. The molecular weight excluding hydrogens is 467 g/mol. The zero-order valence-corrected chi connectivity index (χ0v) is 25.4. The van der Waals surface area contributed by atoms with Crippen LogP contribution in [0.5, 0.6) is 0 Å². The molecular formula is C31H47O4P. The van der Waals surface area contributed by atoms with Crippen LogP contribution in [0.2, 0.25) is 0 Å². The fourth-order valence-electron chi connectivity index (χ4n) is 4.86. The van der Waals surface area contributed by atoms with Gasteiger partial charge in [-0.1, -0.05) is 107 Å². The molecule has 2 aromatic rings. The third kappa shape index (κ3) is 6.51. The average Bonchev–Trinajstić information content (AvgIpc) is 2.67. The van der Waals surface area contributed by atoms with Crippen LogP contribution in [0.15, 0.2) is 24.3 Å². The second-order valence-electron chi connectivity index (χ2n) is 14.5. The lowest BCUT2D eigenvalue weighted by Gasteiger charge is -2.33. The number of phosphoric ester groups is 1. The number of rotatable bonds is 0. The fraction of sp³-hybridized carbons (Fsp3) is 0.613. The highest BCUT2D eigenvalue weighted by Crippen LogP contribution is 2.48. The van der Waals surface area contributed by atoms with Gasteiger partial charge in [-0.3, -0.25) is 9.05 Å². The third-order valence-corrected chi connectivity index (χ3v) is 8.07. The number of hydrogen-bond donors (Lipinski definition) is 1. The quantitative estimate of drug-likeness (QED) is 0.358. The second kappa shape index (κ2) is 9.38. The van der Waals surface area contributed by atoms with Gasteiger partial charge in [0.25, 0.3) is 0 Å². The van der Waals surface area contributed by atoms with Crippen LogP contribution >= 0.6 is 7.82 Å². The predicted octanol–water partition coefficient (Wildman–Crippen LogP) is 8.61. The Hall–Kier alpha value is -1.45. The summed E-state index contributed by atoms with van der Waals surface area (Å²) >= 11 is 0. The van der Waals surface area contributed by atoms with Crippen LogP contribution in [0.4, 0.5) is 0 Å². The number of fused-ring (bicyclic) bond motifs is 2. The van der Waals surface area contributed by atoms with E-state index in [1.807, 2.05) is 0 Å². The minimum Gasteiger partial charge on any atom is -0.302 e. The van der Waals surface area contributed by atoms with E-state index in [9.17, 15) is 9.46 Å². The normalized spacial score (nSPS) is 17.4. The molecule has 0 atom stereocenters. The first-order valence-electron chi connectivity index (χ1n) is 13.0. The average molecular weight is 515 g/mol. The molecule has 3 rings (SSSR count). The van der Waals surface area contributed by atoms with Crippen molar-refractivity contribution < 1.29 is 18.5 Å². The van der Waals surface area contributed by atoms with Gasteiger partial charge in [0.1, 0.15) is 0 Å². The number of hydrogen-bond acceptors (Lipinski definition) is 3. The maximum absolute atomic E-state index is 13.0. The maximum Gasteiger partial charge on any atom is 0.472 e. The van der Waals surface area contributed by atoms with E-state index in [4.69, 9.17) is 9.05 Å². The van der Waals surface area contributed by atoms with Crippen molar-refractivity contribution in [3.63, 3.8) is 0 Å². The number of benzene rings is 2. The first kappa shape index (κ1) is 29.1. The second-order valence-corrected chi connectivity index (χ2v) is 16.0. The summed E-state index contributed by atoms with van der Waals surface area (Å²) in [7, 11) is -4.25. The van der Waals surface area contributed by atoms with Crippen molar-refractivity contribution in [3.8, 4) is 0 Å². The molecule has 36 heavy (non-hydrogen) atoms. The van der Waals surface area contributed by atoms with Crippen LogP contribution in [0.25, 0.3) is 0 Å². The lowest BCUT2D eigenvalue weighted by atomic mass is 9.74. The van der Waals surface area contributed by atoms with E-state index in [2.05, 4.69) is 107 Å². The molecule has 0 saturated carbocycles. The van der Waals surface area contributed by atoms with E-state index < -0.39 is 7.82 Å². The Labute approximate surface area is 219 Å². The van der Waals surface area contributed by atoms with Crippen molar-refractivity contribution in [1.82, 2.24) is 0 Å². The zero-order chi connectivity index (χ0) is 27.5. The smallest absolute Gasteiger partial charge is 0.302 e. The molecule has 0 spiro atoms. The Kier molecular flexibility index (Phi) is 7.59. The minimum absolute atomic E-state index is 0.0345. The van der Waals surface area contributed by atoms with Crippen molar-refractivity contribution in [1.29, 1.82) is 0 Å². The molecule has 0 radical (unpaired) electrons. The van der Waals surface area contributed by atoms with E-state index in [1.54, 1.807) is 0 Å². The van der Waals surface area contributed by atoms with E-state index in [0.29, 0.717) is 6.42 Å². The molecule has 0 unspecified atom stereocenters. The molecule has 5 heteroatoms. The van der Waals surface area contributed by atoms with Crippen LogP contribution in [0.1, 0.15) is 128 Å². The molecule has 4 nitrogen and oxygen atoms in total. The van der Waals surface area contributed by atoms with Gasteiger partial charge < -0.3 is 4.89 Å². The molecule has 1 N–H and O–H groups in total.